The number of benzene rings is 2. The minimum absolute atomic E-state index is 0.139. The maximum atomic E-state index is 13.3. The highest BCUT2D eigenvalue weighted by atomic mass is 16.3. The van der Waals surface area contributed by atoms with Crippen LogP contribution in [0, 0.1) is 5.92 Å². The van der Waals surface area contributed by atoms with Gasteiger partial charge in [0.1, 0.15) is 5.52 Å². The van der Waals surface area contributed by atoms with Crippen LogP contribution in [0.2, 0.25) is 0 Å². The van der Waals surface area contributed by atoms with E-state index in [1.54, 1.807) is 12.1 Å². The summed E-state index contributed by atoms with van der Waals surface area (Å²) in [7, 11) is 0. The molecule has 3 aromatic rings. The molecule has 154 valence electrons. The van der Waals surface area contributed by atoms with Crippen molar-refractivity contribution in [2.24, 2.45) is 5.92 Å². The predicted molar refractivity (Wildman–Crippen MR) is 114 cm³/mol. The zero-order valence-corrected chi connectivity index (χ0v) is 16.9. The van der Waals surface area contributed by atoms with Gasteiger partial charge in [-0.15, -0.1) is 0 Å². The van der Waals surface area contributed by atoms with E-state index in [9.17, 15) is 9.59 Å². The summed E-state index contributed by atoms with van der Waals surface area (Å²) in [6.07, 6.45) is 2.24. The minimum atomic E-state index is -0.208. The van der Waals surface area contributed by atoms with Gasteiger partial charge in [0.15, 0.2) is 5.58 Å². The van der Waals surface area contributed by atoms with Gasteiger partial charge in [0.05, 0.1) is 5.56 Å². The number of carbonyl (C=O) groups is 2. The number of aromatic nitrogens is 1. The van der Waals surface area contributed by atoms with Gasteiger partial charge in [-0.2, -0.15) is 0 Å². The van der Waals surface area contributed by atoms with Crippen LogP contribution in [-0.4, -0.2) is 47.4 Å². The smallest absolute Gasteiger partial charge is 0.253 e. The van der Waals surface area contributed by atoms with Crippen LogP contribution in [0.15, 0.2) is 46.9 Å². The number of amides is 2. The van der Waals surface area contributed by atoms with Crippen LogP contribution in [0.4, 0.5) is 5.69 Å². The molecule has 7 nitrogen and oxygen atoms in total. The summed E-state index contributed by atoms with van der Waals surface area (Å²) in [5.41, 5.74) is 2.74. The number of hydrogen-bond acceptors (Lipinski definition) is 5. The summed E-state index contributed by atoms with van der Waals surface area (Å²) in [4.78, 5) is 31.9. The molecule has 3 aliphatic rings. The Hall–Kier alpha value is -3.19. The molecule has 2 N–H and O–H groups in total. The fourth-order valence-electron chi connectivity index (χ4n) is 4.56. The molecule has 3 saturated heterocycles. The van der Waals surface area contributed by atoms with E-state index in [2.05, 4.69) is 20.5 Å². The molecule has 4 heterocycles. The minimum Gasteiger partial charge on any atom is -0.436 e. The number of fused-ring (bicyclic) bond motifs is 4. The summed E-state index contributed by atoms with van der Waals surface area (Å²) in [6, 6.07) is 13.1. The molecule has 2 amide bonds. The third-order valence-corrected chi connectivity index (χ3v) is 6.05. The maximum absolute atomic E-state index is 13.3. The van der Waals surface area contributed by atoms with Gasteiger partial charge < -0.3 is 20.0 Å². The van der Waals surface area contributed by atoms with Gasteiger partial charge in [-0.25, -0.2) is 4.98 Å². The Morgan fingerprint density at radius 1 is 1.13 bits per heavy atom. The van der Waals surface area contributed by atoms with E-state index in [0.29, 0.717) is 34.2 Å². The average Bonchev–Trinajstić information content (AvgIpc) is 3.18. The number of anilines is 1. The molecular weight excluding hydrogens is 380 g/mol. The number of hydrogen-bond donors (Lipinski definition) is 2. The first-order valence-corrected chi connectivity index (χ1v) is 10.4. The SMILES string of the molecule is CC(=O)Nc1cc(C(=O)NC2CN3CCC2CC3)c2nc(-c3ccccc3)oc2c1. The lowest BCUT2D eigenvalue weighted by atomic mass is 9.84. The van der Waals surface area contributed by atoms with Crippen molar-refractivity contribution >= 4 is 28.6 Å². The number of carbonyl (C=O) groups excluding carboxylic acids is 2. The molecule has 0 radical (unpaired) electrons. The lowest BCUT2D eigenvalue weighted by molar-refractivity contribution is -0.114. The number of rotatable bonds is 4. The summed E-state index contributed by atoms with van der Waals surface area (Å²) in [5, 5.41) is 5.97. The first kappa shape index (κ1) is 18.8. The highest BCUT2D eigenvalue weighted by molar-refractivity contribution is 6.07. The quantitative estimate of drug-likeness (QED) is 0.697. The molecule has 1 unspecified atom stereocenters. The van der Waals surface area contributed by atoms with E-state index in [1.807, 2.05) is 30.3 Å². The van der Waals surface area contributed by atoms with Crippen LogP contribution >= 0.6 is 0 Å². The van der Waals surface area contributed by atoms with Crippen molar-refractivity contribution in [3.63, 3.8) is 0 Å². The Balaban J connectivity index is 1.52. The second-order valence-corrected chi connectivity index (χ2v) is 8.15. The fraction of sp³-hybridized carbons (Fsp3) is 0.348. The Bertz CT molecular complexity index is 1100. The van der Waals surface area contributed by atoms with E-state index < -0.39 is 0 Å². The van der Waals surface area contributed by atoms with E-state index in [0.717, 1.165) is 38.0 Å². The van der Waals surface area contributed by atoms with Crippen molar-refractivity contribution < 1.29 is 14.0 Å². The molecular formula is C23H24N4O3. The highest BCUT2D eigenvalue weighted by Gasteiger charge is 2.35. The number of nitrogens with one attached hydrogen (secondary N) is 2. The third-order valence-electron chi connectivity index (χ3n) is 6.05. The van der Waals surface area contributed by atoms with Crippen molar-refractivity contribution in [1.82, 2.24) is 15.2 Å². The zero-order chi connectivity index (χ0) is 20.7. The van der Waals surface area contributed by atoms with Crippen molar-refractivity contribution in [1.29, 1.82) is 0 Å². The van der Waals surface area contributed by atoms with Gasteiger partial charge in [0, 0.05) is 36.8 Å². The number of oxazole rings is 1. The molecule has 3 fully saturated rings. The largest absolute Gasteiger partial charge is 0.436 e. The van der Waals surface area contributed by atoms with Crippen LogP contribution in [0.1, 0.15) is 30.1 Å². The lowest BCUT2D eigenvalue weighted by Gasteiger charge is -2.44. The second kappa shape index (κ2) is 7.57. The Labute approximate surface area is 174 Å². The Kier molecular flexibility index (Phi) is 4.75. The molecule has 2 bridgehead atoms. The zero-order valence-electron chi connectivity index (χ0n) is 16.9. The second-order valence-electron chi connectivity index (χ2n) is 8.15. The summed E-state index contributed by atoms with van der Waals surface area (Å²) in [6.45, 7) is 4.55. The van der Waals surface area contributed by atoms with E-state index in [4.69, 9.17) is 4.42 Å². The van der Waals surface area contributed by atoms with Gasteiger partial charge in [0.2, 0.25) is 11.8 Å². The summed E-state index contributed by atoms with van der Waals surface area (Å²) < 4.78 is 5.96. The molecule has 3 aliphatic heterocycles. The van der Waals surface area contributed by atoms with Crippen molar-refractivity contribution in [2.75, 3.05) is 25.0 Å². The number of nitrogens with zero attached hydrogens (tertiary/aromatic N) is 2. The first-order valence-electron chi connectivity index (χ1n) is 10.4. The standard InChI is InChI=1S/C23H24N4O3/c1-14(28)24-17-11-18(22(29)25-19-13-27-9-7-15(19)8-10-27)21-20(12-17)30-23(26-21)16-5-3-2-4-6-16/h2-6,11-12,15,19H,7-10,13H2,1H3,(H,24,28)(H,25,29). The van der Waals surface area contributed by atoms with Gasteiger partial charge in [-0.1, -0.05) is 18.2 Å². The van der Waals surface area contributed by atoms with Crippen LogP contribution in [0.3, 0.4) is 0 Å². The number of piperidine rings is 3. The molecule has 2 aromatic carbocycles. The summed E-state index contributed by atoms with van der Waals surface area (Å²) in [5.74, 6) is 0.576. The molecule has 1 atom stereocenters. The first-order chi connectivity index (χ1) is 14.6. The molecule has 1 aromatic heterocycles. The molecule has 6 rings (SSSR count). The Morgan fingerprint density at radius 2 is 1.90 bits per heavy atom. The van der Waals surface area contributed by atoms with Gasteiger partial charge in [-0.3, -0.25) is 9.59 Å². The monoisotopic (exact) mass is 404 g/mol. The normalized spacial score (nSPS) is 22.8. The molecule has 0 saturated carbocycles. The maximum Gasteiger partial charge on any atom is 0.253 e. The van der Waals surface area contributed by atoms with Crippen LogP contribution in [0.25, 0.3) is 22.6 Å². The molecule has 30 heavy (non-hydrogen) atoms. The summed E-state index contributed by atoms with van der Waals surface area (Å²) >= 11 is 0. The molecule has 0 aliphatic carbocycles. The molecule has 7 heteroatoms. The predicted octanol–water partition coefficient (Wildman–Crippen LogP) is 3.28. The van der Waals surface area contributed by atoms with Crippen molar-refractivity contribution in [2.45, 2.75) is 25.8 Å². The third kappa shape index (κ3) is 3.57. The van der Waals surface area contributed by atoms with Crippen molar-refractivity contribution in [3.05, 3.63) is 48.0 Å². The van der Waals surface area contributed by atoms with Gasteiger partial charge in [-0.05, 0) is 50.0 Å². The average molecular weight is 404 g/mol. The van der Waals surface area contributed by atoms with Crippen LogP contribution < -0.4 is 10.6 Å². The van der Waals surface area contributed by atoms with Gasteiger partial charge in [0.25, 0.3) is 5.91 Å². The topological polar surface area (TPSA) is 87.5 Å². The lowest BCUT2D eigenvalue weighted by Crippen LogP contribution is -2.57. The molecule has 0 spiro atoms. The highest BCUT2D eigenvalue weighted by Crippen LogP contribution is 2.31. The Morgan fingerprint density at radius 3 is 2.57 bits per heavy atom. The van der Waals surface area contributed by atoms with Crippen molar-refractivity contribution in [3.8, 4) is 11.5 Å². The van der Waals surface area contributed by atoms with Crippen LogP contribution in [0.5, 0.6) is 0 Å². The van der Waals surface area contributed by atoms with E-state index >= 15 is 0 Å². The fourth-order valence-corrected chi connectivity index (χ4v) is 4.56. The van der Waals surface area contributed by atoms with E-state index in [1.165, 1.54) is 6.92 Å². The van der Waals surface area contributed by atoms with E-state index in [-0.39, 0.29) is 17.9 Å². The van der Waals surface area contributed by atoms with Gasteiger partial charge >= 0.3 is 0 Å². The van der Waals surface area contributed by atoms with Crippen LogP contribution in [-0.2, 0) is 4.79 Å².